The van der Waals surface area contributed by atoms with Crippen molar-refractivity contribution >= 4 is 17.2 Å². The number of Topliss-reactive ketones (excluding diaryl/α,β-unsaturated/α-hetero) is 1. The largest absolute Gasteiger partial charge is 0.507 e. The normalized spacial score (nSPS) is 13.3. The van der Waals surface area contributed by atoms with E-state index in [0.717, 1.165) is 47.3 Å². The van der Waals surface area contributed by atoms with E-state index in [2.05, 4.69) is 89.3 Å². The molecular formula is C37H51NO2. The van der Waals surface area contributed by atoms with Crippen molar-refractivity contribution in [3.8, 4) is 5.75 Å². The van der Waals surface area contributed by atoms with Crippen LogP contribution < -0.4 is 5.32 Å². The van der Waals surface area contributed by atoms with E-state index in [-0.39, 0.29) is 5.41 Å². The number of hydrogen-bond donors (Lipinski definition) is 2. The fourth-order valence-electron chi connectivity index (χ4n) is 5.48. The van der Waals surface area contributed by atoms with E-state index in [1.54, 1.807) is 0 Å². The highest BCUT2D eigenvalue weighted by atomic mass is 16.3. The van der Waals surface area contributed by atoms with E-state index in [4.69, 9.17) is 0 Å². The van der Waals surface area contributed by atoms with Crippen LogP contribution in [0.5, 0.6) is 5.75 Å². The number of phenols is 1. The maximum absolute atomic E-state index is 13.1. The van der Waals surface area contributed by atoms with Crippen LogP contribution in [0.15, 0.2) is 66.7 Å². The summed E-state index contributed by atoms with van der Waals surface area (Å²) < 4.78 is 0. The molecule has 0 amide bonds. The minimum atomic E-state index is -0.138. The van der Waals surface area contributed by atoms with Crippen molar-refractivity contribution in [2.45, 2.75) is 105 Å². The molecule has 0 heterocycles. The van der Waals surface area contributed by atoms with Crippen LogP contribution in [0.2, 0.25) is 0 Å². The Kier molecular flexibility index (Phi) is 11.4. The number of ketones is 1. The maximum atomic E-state index is 13.1. The Bertz CT molecular complexity index is 1210. The zero-order valence-electron chi connectivity index (χ0n) is 25.9. The number of carbonyl (C=O) groups excluding carboxylic acids is 1. The molecule has 216 valence electrons. The van der Waals surface area contributed by atoms with Gasteiger partial charge in [-0.25, -0.2) is 0 Å². The van der Waals surface area contributed by atoms with Gasteiger partial charge >= 0.3 is 0 Å². The third kappa shape index (κ3) is 9.84. The summed E-state index contributed by atoms with van der Waals surface area (Å²) in [4.78, 5) is 13.1. The quantitative estimate of drug-likeness (QED) is 0.213. The van der Waals surface area contributed by atoms with Gasteiger partial charge in [0.2, 0.25) is 0 Å². The van der Waals surface area contributed by atoms with Gasteiger partial charge in [0.15, 0.2) is 0 Å². The van der Waals surface area contributed by atoms with Crippen LogP contribution >= 0.6 is 0 Å². The summed E-state index contributed by atoms with van der Waals surface area (Å²) >= 11 is 0. The summed E-state index contributed by atoms with van der Waals surface area (Å²) in [5.41, 5.74) is 6.32. The topological polar surface area (TPSA) is 49.3 Å². The fraction of sp³-hybridized carbons (Fsp3) is 0.486. The molecule has 2 N–H and O–H groups in total. The monoisotopic (exact) mass is 541 g/mol. The zero-order valence-corrected chi connectivity index (χ0v) is 25.9. The van der Waals surface area contributed by atoms with Crippen LogP contribution in [0.1, 0.15) is 108 Å². The Morgan fingerprint density at radius 1 is 0.850 bits per heavy atom. The van der Waals surface area contributed by atoms with Crippen LogP contribution in [-0.4, -0.2) is 10.9 Å². The SMILES string of the molecule is Cc1cc(CCC(=O)CCC(CC(C)CCC(C)C)c2ccc(Nc3ccccc3)cc2)cc(C(C)(C)C)c1O. The van der Waals surface area contributed by atoms with Crippen molar-refractivity contribution in [2.24, 2.45) is 11.8 Å². The number of rotatable bonds is 14. The van der Waals surface area contributed by atoms with Crippen LogP contribution in [0.25, 0.3) is 0 Å². The predicted molar refractivity (Wildman–Crippen MR) is 171 cm³/mol. The zero-order chi connectivity index (χ0) is 29.3. The Morgan fingerprint density at radius 3 is 2.12 bits per heavy atom. The molecule has 3 rings (SSSR count). The Morgan fingerprint density at radius 2 is 1.50 bits per heavy atom. The number of benzene rings is 3. The molecule has 0 radical (unpaired) electrons. The number of nitrogens with one attached hydrogen (secondary N) is 1. The molecule has 0 saturated heterocycles. The summed E-state index contributed by atoms with van der Waals surface area (Å²) in [5, 5.41) is 14.0. The summed E-state index contributed by atoms with van der Waals surface area (Å²) in [7, 11) is 0. The second-order valence-electron chi connectivity index (χ2n) is 13.3. The number of phenolic OH excluding ortho intramolecular Hbond substituents is 1. The molecule has 0 bridgehead atoms. The summed E-state index contributed by atoms with van der Waals surface area (Å²) in [5.74, 6) is 2.42. The number of anilines is 2. The minimum absolute atomic E-state index is 0.138. The average Bonchev–Trinajstić information content (AvgIpc) is 2.90. The van der Waals surface area contributed by atoms with Crippen molar-refractivity contribution in [1.29, 1.82) is 0 Å². The Labute approximate surface area is 243 Å². The van der Waals surface area contributed by atoms with Gasteiger partial charge in [-0.1, -0.05) is 96.8 Å². The highest BCUT2D eigenvalue weighted by Gasteiger charge is 2.21. The van der Waals surface area contributed by atoms with Gasteiger partial charge in [-0.05, 0) is 95.9 Å². The Balaban J connectivity index is 1.65. The van der Waals surface area contributed by atoms with Crippen molar-refractivity contribution in [1.82, 2.24) is 0 Å². The van der Waals surface area contributed by atoms with Crippen molar-refractivity contribution in [3.05, 3.63) is 89.0 Å². The molecule has 0 saturated carbocycles. The lowest BCUT2D eigenvalue weighted by atomic mass is 9.82. The minimum Gasteiger partial charge on any atom is -0.507 e. The van der Waals surface area contributed by atoms with Crippen molar-refractivity contribution < 1.29 is 9.90 Å². The number of para-hydroxylation sites is 1. The van der Waals surface area contributed by atoms with Crippen molar-refractivity contribution in [3.63, 3.8) is 0 Å². The average molecular weight is 542 g/mol. The van der Waals surface area contributed by atoms with Gasteiger partial charge in [0.25, 0.3) is 0 Å². The molecule has 0 aromatic heterocycles. The van der Waals surface area contributed by atoms with E-state index in [1.165, 1.54) is 18.4 Å². The summed E-state index contributed by atoms with van der Waals surface area (Å²) in [6.45, 7) is 15.2. The lowest BCUT2D eigenvalue weighted by molar-refractivity contribution is -0.119. The molecule has 3 nitrogen and oxygen atoms in total. The van der Waals surface area contributed by atoms with Gasteiger partial charge < -0.3 is 10.4 Å². The molecular weight excluding hydrogens is 490 g/mol. The van der Waals surface area contributed by atoms with E-state index in [1.807, 2.05) is 31.2 Å². The molecule has 3 aromatic carbocycles. The molecule has 0 aliphatic rings. The second kappa shape index (κ2) is 14.5. The molecule has 0 aliphatic carbocycles. The van der Waals surface area contributed by atoms with Crippen LogP contribution in [0.4, 0.5) is 11.4 Å². The standard InChI is InChI=1S/C37H51NO2/c1-26(2)13-14-27(3)23-31(30-16-19-33(20-17-30)38-32-11-9-8-10-12-32)18-22-34(39)21-15-29-24-28(4)36(40)35(25-29)37(5,6)7/h8-12,16-17,19-20,24-27,31,38,40H,13-15,18,21-23H2,1-7H3. The smallest absolute Gasteiger partial charge is 0.133 e. The molecule has 2 unspecified atom stereocenters. The van der Waals surface area contributed by atoms with E-state index in [9.17, 15) is 9.90 Å². The first-order valence-electron chi connectivity index (χ1n) is 15.2. The molecule has 3 heteroatoms. The van der Waals surface area contributed by atoms with E-state index >= 15 is 0 Å². The highest BCUT2D eigenvalue weighted by Crippen LogP contribution is 2.35. The molecule has 2 atom stereocenters. The third-order valence-corrected chi connectivity index (χ3v) is 8.00. The predicted octanol–water partition coefficient (Wildman–Crippen LogP) is 10.3. The molecule has 0 aliphatic heterocycles. The lowest BCUT2D eigenvalue weighted by Gasteiger charge is -2.23. The third-order valence-electron chi connectivity index (χ3n) is 8.00. The van der Waals surface area contributed by atoms with Gasteiger partial charge in [-0.2, -0.15) is 0 Å². The first kappa shape index (κ1) is 31.5. The van der Waals surface area contributed by atoms with Gasteiger partial charge in [-0.15, -0.1) is 0 Å². The number of carbonyl (C=O) groups is 1. The first-order valence-corrected chi connectivity index (χ1v) is 15.2. The highest BCUT2D eigenvalue weighted by molar-refractivity contribution is 5.78. The maximum Gasteiger partial charge on any atom is 0.133 e. The van der Waals surface area contributed by atoms with Gasteiger partial charge in [0.1, 0.15) is 11.5 Å². The van der Waals surface area contributed by atoms with Gasteiger partial charge in [0.05, 0.1) is 0 Å². The lowest BCUT2D eigenvalue weighted by Crippen LogP contribution is -2.13. The van der Waals surface area contributed by atoms with Crippen molar-refractivity contribution in [2.75, 3.05) is 5.32 Å². The second-order valence-corrected chi connectivity index (χ2v) is 13.3. The van der Waals surface area contributed by atoms with E-state index in [0.29, 0.717) is 42.1 Å². The Hall–Kier alpha value is -3.07. The first-order chi connectivity index (χ1) is 18.9. The van der Waals surface area contributed by atoms with Crippen LogP contribution in [0.3, 0.4) is 0 Å². The number of aromatic hydroxyl groups is 1. The fourth-order valence-corrected chi connectivity index (χ4v) is 5.48. The molecule has 0 fully saturated rings. The van der Waals surface area contributed by atoms with Gasteiger partial charge in [0, 0.05) is 24.2 Å². The van der Waals surface area contributed by atoms with E-state index < -0.39 is 0 Å². The number of aryl methyl sites for hydroxylation is 2. The summed E-state index contributed by atoms with van der Waals surface area (Å²) in [6.07, 6.45) is 6.34. The summed E-state index contributed by atoms with van der Waals surface area (Å²) in [6, 6.07) is 23.2. The van der Waals surface area contributed by atoms with Gasteiger partial charge in [-0.3, -0.25) is 4.79 Å². The molecule has 3 aromatic rings. The number of hydrogen-bond acceptors (Lipinski definition) is 3. The van der Waals surface area contributed by atoms with Crippen LogP contribution in [-0.2, 0) is 16.6 Å². The van der Waals surface area contributed by atoms with Crippen LogP contribution in [0, 0.1) is 18.8 Å². The molecule has 40 heavy (non-hydrogen) atoms. The molecule has 0 spiro atoms.